The number of hydrogen-bond acceptors (Lipinski definition) is 7. The molecule has 0 radical (unpaired) electrons. The molecule has 0 saturated carbocycles. The van der Waals surface area contributed by atoms with Crippen LogP contribution in [0.2, 0.25) is 0 Å². The summed E-state index contributed by atoms with van der Waals surface area (Å²) < 4.78 is 11.4. The van der Waals surface area contributed by atoms with Crippen LogP contribution in [0.15, 0.2) is 16.1 Å². The Labute approximate surface area is 127 Å². The predicted octanol–water partition coefficient (Wildman–Crippen LogP) is 2.19. The van der Waals surface area contributed by atoms with Crippen molar-refractivity contribution < 1.29 is 9.26 Å². The fourth-order valence-corrected chi connectivity index (χ4v) is 3.92. The lowest BCUT2D eigenvalue weighted by Crippen LogP contribution is -2.41. The van der Waals surface area contributed by atoms with E-state index in [1.165, 1.54) is 11.4 Å². The number of rotatable bonds is 3. The third-order valence-electron chi connectivity index (χ3n) is 4.30. The Hall–Kier alpha value is -1.31. The minimum absolute atomic E-state index is 0.0268. The van der Waals surface area contributed by atoms with E-state index in [1.807, 2.05) is 18.5 Å². The molecule has 2 aliphatic rings. The van der Waals surface area contributed by atoms with Crippen LogP contribution < -0.4 is 0 Å². The first-order valence-corrected chi connectivity index (χ1v) is 8.22. The van der Waals surface area contributed by atoms with Crippen molar-refractivity contribution in [3.63, 3.8) is 0 Å². The molecule has 2 aromatic heterocycles. The van der Waals surface area contributed by atoms with Crippen LogP contribution in [0.5, 0.6) is 0 Å². The molecule has 2 aliphatic heterocycles. The Morgan fingerprint density at radius 2 is 2.43 bits per heavy atom. The summed E-state index contributed by atoms with van der Waals surface area (Å²) in [5.41, 5.74) is 0. The minimum atomic E-state index is -0.0268. The third-order valence-corrected chi connectivity index (χ3v) is 5.06. The van der Waals surface area contributed by atoms with Gasteiger partial charge in [-0.1, -0.05) is 5.16 Å². The molecule has 4 rings (SSSR count). The van der Waals surface area contributed by atoms with Gasteiger partial charge in [-0.25, -0.2) is 4.98 Å². The molecule has 4 heterocycles. The molecule has 0 aliphatic carbocycles. The quantitative estimate of drug-likeness (QED) is 0.866. The Morgan fingerprint density at radius 1 is 1.48 bits per heavy atom. The second kappa shape index (κ2) is 5.47. The molecular weight excluding hydrogens is 288 g/mol. The summed E-state index contributed by atoms with van der Waals surface area (Å²) in [6.07, 6.45) is 4.28. The normalized spacial score (nSPS) is 29.7. The van der Waals surface area contributed by atoms with Gasteiger partial charge in [0.05, 0.1) is 12.6 Å². The van der Waals surface area contributed by atoms with E-state index in [-0.39, 0.29) is 12.2 Å². The fraction of sp³-hybridized carbons (Fsp3) is 0.643. The Morgan fingerprint density at radius 3 is 3.19 bits per heavy atom. The van der Waals surface area contributed by atoms with Crippen LogP contribution in [0, 0.1) is 12.8 Å². The molecule has 2 aromatic rings. The zero-order valence-corrected chi connectivity index (χ0v) is 12.8. The summed E-state index contributed by atoms with van der Waals surface area (Å²) in [5.74, 6) is 1.91. The van der Waals surface area contributed by atoms with Crippen LogP contribution in [-0.4, -0.2) is 39.2 Å². The van der Waals surface area contributed by atoms with E-state index in [0.717, 1.165) is 26.1 Å². The lowest BCUT2D eigenvalue weighted by molar-refractivity contribution is -0.0190. The van der Waals surface area contributed by atoms with Gasteiger partial charge in [0.2, 0.25) is 0 Å². The number of nitrogens with zero attached hydrogens (tertiary/aromatic N) is 4. The van der Waals surface area contributed by atoms with Crippen LogP contribution in [-0.2, 0) is 11.3 Å². The molecule has 0 bridgehead atoms. The number of aryl methyl sites for hydroxylation is 1. The standard InChI is InChI=1S/C14H18N4O2S/c1-9-16-14(20-17-9)11-6-10-2-4-18(7-12(10)19-11)8-13-15-3-5-21-13/h3,5,10-12H,2,4,6-8H2,1H3/t10-,11+,12+/m0/s1. The highest BCUT2D eigenvalue weighted by atomic mass is 32.1. The van der Waals surface area contributed by atoms with Crippen LogP contribution in [0.3, 0.4) is 0 Å². The molecule has 0 aromatic carbocycles. The van der Waals surface area contributed by atoms with Crippen molar-refractivity contribution in [3.8, 4) is 0 Å². The van der Waals surface area contributed by atoms with Crippen LogP contribution in [0.1, 0.15) is 35.7 Å². The zero-order chi connectivity index (χ0) is 14.2. The molecule has 21 heavy (non-hydrogen) atoms. The van der Waals surface area contributed by atoms with Gasteiger partial charge in [0, 0.05) is 18.1 Å². The van der Waals surface area contributed by atoms with Gasteiger partial charge < -0.3 is 9.26 Å². The third kappa shape index (κ3) is 2.73. The van der Waals surface area contributed by atoms with Crippen LogP contribution in [0.25, 0.3) is 0 Å². The summed E-state index contributed by atoms with van der Waals surface area (Å²) in [7, 11) is 0. The number of hydrogen-bond donors (Lipinski definition) is 0. The Kier molecular flexibility index (Phi) is 3.48. The highest BCUT2D eigenvalue weighted by Crippen LogP contribution is 2.40. The first-order chi connectivity index (χ1) is 10.3. The van der Waals surface area contributed by atoms with E-state index < -0.39 is 0 Å². The van der Waals surface area contributed by atoms with Crippen molar-refractivity contribution in [1.29, 1.82) is 0 Å². The minimum Gasteiger partial charge on any atom is -0.364 e. The highest BCUT2D eigenvalue weighted by Gasteiger charge is 2.41. The van der Waals surface area contributed by atoms with Gasteiger partial charge in [-0.15, -0.1) is 11.3 Å². The summed E-state index contributed by atoms with van der Waals surface area (Å²) in [5, 5.41) is 7.07. The molecule has 2 fully saturated rings. The molecule has 0 N–H and O–H groups in total. The maximum atomic E-state index is 6.16. The molecule has 112 valence electrons. The molecule has 2 saturated heterocycles. The lowest BCUT2D eigenvalue weighted by atomic mass is 9.92. The average molecular weight is 306 g/mol. The van der Waals surface area contributed by atoms with E-state index in [2.05, 4.69) is 20.0 Å². The second-order valence-corrected chi connectivity index (χ2v) is 6.77. The van der Waals surface area contributed by atoms with Crippen molar-refractivity contribution in [3.05, 3.63) is 28.3 Å². The first-order valence-electron chi connectivity index (χ1n) is 7.34. The molecule has 6 nitrogen and oxygen atoms in total. The largest absolute Gasteiger partial charge is 0.364 e. The summed E-state index contributed by atoms with van der Waals surface area (Å²) in [4.78, 5) is 11.1. The number of thiazole rings is 1. The van der Waals surface area contributed by atoms with Crippen molar-refractivity contribution in [2.45, 2.75) is 38.5 Å². The van der Waals surface area contributed by atoms with Crippen molar-refractivity contribution >= 4 is 11.3 Å². The number of aromatic nitrogens is 3. The number of likely N-dealkylation sites (tertiary alicyclic amines) is 1. The molecule has 0 spiro atoms. The molecule has 3 atom stereocenters. The van der Waals surface area contributed by atoms with E-state index >= 15 is 0 Å². The van der Waals surface area contributed by atoms with E-state index in [4.69, 9.17) is 9.26 Å². The summed E-state index contributed by atoms with van der Waals surface area (Å²) >= 11 is 1.72. The Balaban J connectivity index is 1.40. The van der Waals surface area contributed by atoms with E-state index in [9.17, 15) is 0 Å². The monoisotopic (exact) mass is 306 g/mol. The van der Waals surface area contributed by atoms with E-state index in [1.54, 1.807) is 11.3 Å². The molecule has 7 heteroatoms. The van der Waals surface area contributed by atoms with Gasteiger partial charge in [0.15, 0.2) is 5.82 Å². The maximum Gasteiger partial charge on any atom is 0.255 e. The van der Waals surface area contributed by atoms with Crippen molar-refractivity contribution in [2.75, 3.05) is 13.1 Å². The number of ether oxygens (including phenoxy) is 1. The average Bonchev–Trinajstić information content (AvgIpc) is 3.18. The zero-order valence-electron chi connectivity index (χ0n) is 11.9. The molecular formula is C14H18N4O2S. The van der Waals surface area contributed by atoms with Crippen LogP contribution in [0.4, 0.5) is 0 Å². The first kappa shape index (κ1) is 13.4. The Bertz CT molecular complexity index is 600. The van der Waals surface area contributed by atoms with Gasteiger partial charge >= 0.3 is 0 Å². The highest BCUT2D eigenvalue weighted by molar-refractivity contribution is 7.09. The molecule has 0 amide bonds. The smallest absolute Gasteiger partial charge is 0.255 e. The number of fused-ring (bicyclic) bond motifs is 1. The van der Waals surface area contributed by atoms with Crippen molar-refractivity contribution in [1.82, 2.24) is 20.0 Å². The van der Waals surface area contributed by atoms with Gasteiger partial charge in [0.1, 0.15) is 11.1 Å². The van der Waals surface area contributed by atoms with Gasteiger partial charge in [-0.05, 0) is 32.2 Å². The fourth-order valence-electron chi connectivity index (χ4n) is 3.26. The maximum absolute atomic E-state index is 6.16. The topological polar surface area (TPSA) is 64.3 Å². The van der Waals surface area contributed by atoms with Crippen molar-refractivity contribution in [2.24, 2.45) is 5.92 Å². The van der Waals surface area contributed by atoms with Gasteiger partial charge in [-0.3, -0.25) is 4.90 Å². The summed E-state index contributed by atoms with van der Waals surface area (Å²) in [6.45, 7) is 4.84. The summed E-state index contributed by atoms with van der Waals surface area (Å²) in [6, 6.07) is 0. The number of piperidine rings is 1. The van der Waals surface area contributed by atoms with Gasteiger partial charge in [0.25, 0.3) is 5.89 Å². The molecule has 0 unspecified atom stereocenters. The second-order valence-electron chi connectivity index (χ2n) is 5.79. The van der Waals surface area contributed by atoms with E-state index in [0.29, 0.717) is 17.6 Å². The predicted molar refractivity (Wildman–Crippen MR) is 76.8 cm³/mol. The SMILES string of the molecule is Cc1noc([C@H]2C[C@@H]3CCN(Cc4nccs4)C[C@H]3O2)n1. The lowest BCUT2D eigenvalue weighted by Gasteiger charge is -2.33. The van der Waals surface area contributed by atoms with Crippen LogP contribution >= 0.6 is 11.3 Å². The van der Waals surface area contributed by atoms with Gasteiger partial charge in [-0.2, -0.15) is 4.98 Å².